The highest BCUT2D eigenvalue weighted by Gasteiger charge is 2.23. The Kier molecular flexibility index (Phi) is 4.47. The van der Waals surface area contributed by atoms with Crippen LogP contribution in [0.1, 0.15) is 22.3 Å². The van der Waals surface area contributed by atoms with Gasteiger partial charge in [-0.25, -0.2) is 9.79 Å². The molecule has 0 saturated heterocycles. The van der Waals surface area contributed by atoms with E-state index in [1.54, 1.807) is 13.2 Å². The number of carbonyl (C=O) groups excluding carboxylic acids is 1. The highest BCUT2D eigenvalue weighted by Crippen LogP contribution is 2.21. The number of ether oxygens (including phenoxy) is 2. The van der Waals surface area contributed by atoms with Gasteiger partial charge in [-0.1, -0.05) is 35.9 Å². The second-order valence-corrected chi connectivity index (χ2v) is 5.81. The molecule has 2 aromatic rings. The molecule has 0 aliphatic carbocycles. The summed E-state index contributed by atoms with van der Waals surface area (Å²) in [5, 5.41) is 0. The Labute approximate surface area is 141 Å². The molecule has 0 aromatic heterocycles. The minimum absolute atomic E-state index is 0.340. The van der Waals surface area contributed by atoms with Crippen molar-refractivity contribution in [1.29, 1.82) is 0 Å². The smallest absolute Gasteiger partial charge is 0.363 e. The zero-order valence-electron chi connectivity index (χ0n) is 14.0. The fourth-order valence-corrected chi connectivity index (χ4v) is 2.51. The van der Waals surface area contributed by atoms with Gasteiger partial charge in [0.2, 0.25) is 5.90 Å². The third-order valence-electron chi connectivity index (χ3n) is 3.91. The maximum absolute atomic E-state index is 12.1. The summed E-state index contributed by atoms with van der Waals surface area (Å²) in [7, 11) is 1.63. The summed E-state index contributed by atoms with van der Waals surface area (Å²) in [4.78, 5) is 16.4. The molecule has 0 fully saturated rings. The van der Waals surface area contributed by atoms with Crippen molar-refractivity contribution < 1.29 is 14.3 Å². The molecule has 0 atom stereocenters. The molecular formula is C20H19NO3. The molecule has 0 radical (unpaired) electrons. The monoisotopic (exact) mass is 321 g/mol. The Hall–Kier alpha value is -2.88. The van der Waals surface area contributed by atoms with Crippen molar-refractivity contribution in [2.24, 2.45) is 4.99 Å². The molecule has 3 rings (SSSR count). The Morgan fingerprint density at radius 2 is 1.88 bits per heavy atom. The van der Waals surface area contributed by atoms with Crippen molar-refractivity contribution in [3.63, 3.8) is 0 Å². The van der Waals surface area contributed by atoms with E-state index >= 15 is 0 Å². The highest BCUT2D eigenvalue weighted by atomic mass is 16.6. The van der Waals surface area contributed by atoms with Gasteiger partial charge in [0, 0.05) is 6.42 Å². The fraction of sp³-hybridized carbons (Fsp3) is 0.200. The van der Waals surface area contributed by atoms with Crippen molar-refractivity contribution in [3.05, 3.63) is 70.4 Å². The number of benzene rings is 2. The van der Waals surface area contributed by atoms with Crippen molar-refractivity contribution in [3.8, 4) is 5.75 Å². The van der Waals surface area contributed by atoms with Crippen molar-refractivity contribution >= 4 is 17.9 Å². The molecule has 4 heteroatoms. The van der Waals surface area contributed by atoms with Crippen LogP contribution in [0.4, 0.5) is 0 Å². The number of nitrogens with zero attached hydrogens (tertiary/aromatic N) is 1. The van der Waals surface area contributed by atoms with Crippen LogP contribution in [0.15, 0.2) is 53.2 Å². The average Bonchev–Trinajstić information content (AvgIpc) is 2.91. The van der Waals surface area contributed by atoms with Crippen molar-refractivity contribution in [2.45, 2.75) is 20.3 Å². The summed E-state index contributed by atoms with van der Waals surface area (Å²) < 4.78 is 10.4. The lowest BCUT2D eigenvalue weighted by atomic mass is 10.0. The first-order chi connectivity index (χ1) is 11.5. The van der Waals surface area contributed by atoms with Gasteiger partial charge in [0.1, 0.15) is 5.75 Å². The van der Waals surface area contributed by atoms with Crippen molar-refractivity contribution in [2.75, 3.05) is 7.11 Å². The number of aliphatic imine (C=N–C) groups is 1. The van der Waals surface area contributed by atoms with E-state index in [4.69, 9.17) is 9.47 Å². The number of rotatable bonds is 4. The Morgan fingerprint density at radius 3 is 2.58 bits per heavy atom. The molecule has 24 heavy (non-hydrogen) atoms. The van der Waals surface area contributed by atoms with E-state index in [0.717, 1.165) is 28.0 Å². The normalized spacial score (nSPS) is 15.4. The van der Waals surface area contributed by atoms with E-state index in [0.29, 0.717) is 18.0 Å². The van der Waals surface area contributed by atoms with Gasteiger partial charge in [-0.2, -0.15) is 0 Å². The van der Waals surface area contributed by atoms with Gasteiger partial charge in [0.25, 0.3) is 0 Å². The lowest BCUT2D eigenvalue weighted by Gasteiger charge is -2.02. The van der Waals surface area contributed by atoms with Gasteiger partial charge in [-0.15, -0.1) is 0 Å². The summed E-state index contributed by atoms with van der Waals surface area (Å²) in [5.74, 6) is 0.806. The summed E-state index contributed by atoms with van der Waals surface area (Å²) in [6.07, 6.45) is 2.26. The number of cyclic esters (lactones) is 1. The van der Waals surface area contributed by atoms with Gasteiger partial charge < -0.3 is 9.47 Å². The maximum Gasteiger partial charge on any atom is 0.363 e. The molecule has 1 aliphatic rings. The minimum Gasteiger partial charge on any atom is -0.497 e. The predicted molar refractivity (Wildman–Crippen MR) is 94.1 cm³/mol. The molecule has 122 valence electrons. The van der Waals surface area contributed by atoms with Crippen LogP contribution in [0.5, 0.6) is 5.75 Å². The second-order valence-electron chi connectivity index (χ2n) is 5.81. The van der Waals surface area contributed by atoms with Crippen molar-refractivity contribution in [1.82, 2.24) is 0 Å². The van der Waals surface area contributed by atoms with Crippen LogP contribution >= 0.6 is 0 Å². The summed E-state index contributed by atoms with van der Waals surface area (Å²) >= 11 is 0. The third kappa shape index (κ3) is 3.54. The fourth-order valence-electron chi connectivity index (χ4n) is 2.51. The standard InChI is InChI=1S/C20H19NO3/c1-13-4-5-14(2)16(10-13)12-18-20(22)24-19(21-18)11-15-6-8-17(23-3)9-7-15/h4-10,12H,11H2,1-3H3/b18-12+. The largest absolute Gasteiger partial charge is 0.497 e. The van der Waals surface area contributed by atoms with Crippen LogP contribution in [0.25, 0.3) is 6.08 Å². The first kappa shape index (κ1) is 16.0. The van der Waals surface area contributed by atoms with Crippen LogP contribution in [-0.2, 0) is 16.0 Å². The quantitative estimate of drug-likeness (QED) is 0.635. The Balaban J connectivity index is 1.81. The minimum atomic E-state index is -0.403. The van der Waals surface area contributed by atoms with Gasteiger partial charge in [0.05, 0.1) is 7.11 Å². The van der Waals surface area contributed by atoms with Crippen LogP contribution in [-0.4, -0.2) is 19.0 Å². The Bertz CT molecular complexity index is 832. The van der Waals surface area contributed by atoms with E-state index in [1.807, 2.05) is 56.3 Å². The SMILES string of the molecule is COc1ccc(CC2=N/C(=C/c3cc(C)ccc3C)C(=O)O2)cc1. The van der Waals surface area contributed by atoms with Gasteiger partial charge >= 0.3 is 5.97 Å². The van der Waals surface area contributed by atoms with E-state index in [-0.39, 0.29) is 0 Å². The van der Waals surface area contributed by atoms with Crippen LogP contribution in [0.3, 0.4) is 0 Å². The summed E-state index contributed by atoms with van der Waals surface area (Å²) in [6, 6.07) is 13.7. The van der Waals surface area contributed by atoms with E-state index < -0.39 is 5.97 Å². The molecule has 0 amide bonds. The van der Waals surface area contributed by atoms with E-state index in [9.17, 15) is 4.79 Å². The molecule has 1 aliphatic heterocycles. The molecular weight excluding hydrogens is 302 g/mol. The first-order valence-corrected chi connectivity index (χ1v) is 7.77. The van der Waals surface area contributed by atoms with Crippen LogP contribution in [0, 0.1) is 13.8 Å². The molecule has 4 nitrogen and oxygen atoms in total. The number of methoxy groups -OCH3 is 1. The number of hydrogen-bond donors (Lipinski definition) is 0. The first-order valence-electron chi connectivity index (χ1n) is 7.77. The number of hydrogen-bond acceptors (Lipinski definition) is 4. The van der Waals surface area contributed by atoms with Gasteiger partial charge in [-0.05, 0) is 48.7 Å². The van der Waals surface area contributed by atoms with Gasteiger partial charge in [-0.3, -0.25) is 0 Å². The second kappa shape index (κ2) is 6.71. The lowest BCUT2D eigenvalue weighted by molar-refractivity contribution is -0.130. The molecule has 0 spiro atoms. The highest BCUT2D eigenvalue weighted by molar-refractivity contribution is 6.07. The molecule has 0 N–H and O–H groups in total. The van der Waals surface area contributed by atoms with Crippen LogP contribution in [0.2, 0.25) is 0 Å². The number of aryl methyl sites for hydroxylation is 2. The van der Waals surface area contributed by atoms with E-state index in [2.05, 4.69) is 4.99 Å². The molecule has 0 saturated carbocycles. The Morgan fingerprint density at radius 1 is 1.12 bits per heavy atom. The summed E-state index contributed by atoms with van der Waals surface area (Å²) in [6.45, 7) is 4.03. The average molecular weight is 321 g/mol. The molecule has 2 aromatic carbocycles. The number of carbonyl (C=O) groups is 1. The third-order valence-corrected chi connectivity index (χ3v) is 3.91. The lowest BCUT2D eigenvalue weighted by Crippen LogP contribution is -2.06. The van der Waals surface area contributed by atoms with Gasteiger partial charge in [0.15, 0.2) is 5.70 Å². The topological polar surface area (TPSA) is 47.9 Å². The zero-order chi connectivity index (χ0) is 17.1. The summed E-state index contributed by atoms with van der Waals surface area (Å²) in [5.41, 5.74) is 4.57. The number of esters is 1. The maximum atomic E-state index is 12.1. The molecule has 1 heterocycles. The van der Waals surface area contributed by atoms with Crippen LogP contribution < -0.4 is 4.74 Å². The molecule has 0 bridgehead atoms. The molecule has 0 unspecified atom stereocenters. The zero-order valence-corrected chi connectivity index (χ0v) is 14.0. The predicted octanol–water partition coefficient (Wildman–Crippen LogP) is 3.85. The van der Waals surface area contributed by atoms with E-state index in [1.165, 1.54) is 0 Å².